The topological polar surface area (TPSA) is 41.6 Å². The zero-order chi connectivity index (χ0) is 19.9. The summed E-state index contributed by atoms with van der Waals surface area (Å²) in [5, 5.41) is 3.06. The molecule has 0 radical (unpaired) electrons. The number of amides is 1. The first kappa shape index (κ1) is 19.6. The van der Waals surface area contributed by atoms with Crippen molar-refractivity contribution < 1.29 is 9.53 Å². The van der Waals surface area contributed by atoms with Gasteiger partial charge in [-0.15, -0.1) is 0 Å². The molecule has 0 saturated heterocycles. The Morgan fingerprint density at radius 3 is 2.29 bits per heavy atom. The van der Waals surface area contributed by atoms with E-state index >= 15 is 0 Å². The number of nitrogens with zero attached hydrogens (tertiary/aromatic N) is 1. The first-order valence-corrected chi connectivity index (χ1v) is 9.33. The number of carbonyl (C=O) groups is 1. The van der Waals surface area contributed by atoms with Crippen molar-refractivity contribution in [1.29, 1.82) is 0 Å². The fourth-order valence-electron chi connectivity index (χ4n) is 3.32. The summed E-state index contributed by atoms with van der Waals surface area (Å²) in [7, 11) is 3.58. The van der Waals surface area contributed by atoms with Gasteiger partial charge in [-0.1, -0.05) is 66.7 Å². The number of anilines is 1. The van der Waals surface area contributed by atoms with Gasteiger partial charge in [0.05, 0.1) is 12.8 Å². The summed E-state index contributed by atoms with van der Waals surface area (Å²) < 4.78 is 5.41. The van der Waals surface area contributed by atoms with Crippen LogP contribution in [0.3, 0.4) is 0 Å². The van der Waals surface area contributed by atoms with Gasteiger partial charge in [0.2, 0.25) is 5.91 Å². The number of hydrogen-bond donors (Lipinski definition) is 1. The number of likely N-dealkylation sites (N-methyl/N-ethyl adjacent to an activating group) is 1. The number of hydrogen-bond acceptors (Lipinski definition) is 3. The van der Waals surface area contributed by atoms with E-state index in [1.165, 1.54) is 0 Å². The Morgan fingerprint density at radius 1 is 1.00 bits per heavy atom. The summed E-state index contributed by atoms with van der Waals surface area (Å²) in [6.45, 7) is 2.66. The predicted octanol–water partition coefficient (Wildman–Crippen LogP) is 4.82. The molecule has 28 heavy (non-hydrogen) atoms. The first-order chi connectivity index (χ1) is 13.6. The molecule has 1 amide bonds. The van der Waals surface area contributed by atoms with E-state index in [4.69, 9.17) is 4.74 Å². The molecule has 3 rings (SSSR count). The Bertz CT molecular complexity index is 910. The minimum absolute atomic E-state index is 0.0893. The van der Waals surface area contributed by atoms with Crippen LogP contribution in [-0.2, 0) is 11.3 Å². The molecule has 0 spiro atoms. The summed E-state index contributed by atoms with van der Waals surface area (Å²) in [5.41, 5.74) is 3.85. The van der Waals surface area contributed by atoms with Crippen molar-refractivity contribution in [3.8, 4) is 5.75 Å². The lowest BCUT2D eigenvalue weighted by Gasteiger charge is -2.28. The number of carbonyl (C=O) groups excluding carboxylic acids is 1. The zero-order valence-corrected chi connectivity index (χ0v) is 16.6. The van der Waals surface area contributed by atoms with Gasteiger partial charge in [0.25, 0.3) is 0 Å². The molecule has 3 aromatic rings. The van der Waals surface area contributed by atoms with Crippen LogP contribution in [0.5, 0.6) is 5.75 Å². The average Bonchev–Trinajstić information content (AvgIpc) is 2.70. The van der Waals surface area contributed by atoms with Gasteiger partial charge >= 0.3 is 0 Å². The SMILES string of the molecule is COc1ccc(C)cc1NC(=O)[C@H](c1ccccc1)N(C)Cc1ccccc1. The minimum Gasteiger partial charge on any atom is -0.495 e. The molecular formula is C24H26N2O2. The van der Waals surface area contributed by atoms with Crippen molar-refractivity contribution in [3.05, 3.63) is 95.6 Å². The second kappa shape index (κ2) is 9.20. The van der Waals surface area contributed by atoms with E-state index in [2.05, 4.69) is 22.3 Å². The molecule has 144 valence electrons. The van der Waals surface area contributed by atoms with E-state index in [-0.39, 0.29) is 5.91 Å². The van der Waals surface area contributed by atoms with Crippen molar-refractivity contribution in [2.45, 2.75) is 19.5 Å². The van der Waals surface area contributed by atoms with Crippen LogP contribution in [0.1, 0.15) is 22.7 Å². The predicted molar refractivity (Wildman–Crippen MR) is 113 cm³/mol. The Morgan fingerprint density at radius 2 is 1.64 bits per heavy atom. The van der Waals surface area contributed by atoms with Crippen LogP contribution >= 0.6 is 0 Å². The fourth-order valence-corrected chi connectivity index (χ4v) is 3.32. The highest BCUT2D eigenvalue weighted by atomic mass is 16.5. The summed E-state index contributed by atoms with van der Waals surface area (Å²) >= 11 is 0. The smallest absolute Gasteiger partial charge is 0.246 e. The lowest BCUT2D eigenvalue weighted by molar-refractivity contribution is -0.121. The molecular weight excluding hydrogens is 348 g/mol. The molecule has 4 nitrogen and oxygen atoms in total. The summed E-state index contributed by atoms with van der Waals surface area (Å²) in [5.74, 6) is 0.560. The maximum Gasteiger partial charge on any atom is 0.246 e. The molecule has 0 aliphatic rings. The van der Waals surface area contributed by atoms with Gasteiger partial charge in [0.15, 0.2) is 0 Å². The van der Waals surface area contributed by atoms with Gasteiger partial charge in [-0.25, -0.2) is 0 Å². The monoisotopic (exact) mass is 374 g/mol. The summed E-state index contributed by atoms with van der Waals surface area (Å²) in [4.78, 5) is 15.4. The van der Waals surface area contributed by atoms with Crippen molar-refractivity contribution in [2.75, 3.05) is 19.5 Å². The zero-order valence-electron chi connectivity index (χ0n) is 16.6. The lowest BCUT2D eigenvalue weighted by Crippen LogP contribution is -2.34. The molecule has 0 unspecified atom stereocenters. The van der Waals surface area contributed by atoms with Gasteiger partial charge in [-0.2, -0.15) is 0 Å². The summed E-state index contributed by atoms with van der Waals surface area (Å²) in [6.07, 6.45) is 0. The molecule has 4 heteroatoms. The van der Waals surface area contributed by atoms with E-state index < -0.39 is 6.04 Å². The van der Waals surface area contributed by atoms with Gasteiger partial charge in [-0.3, -0.25) is 9.69 Å². The number of ether oxygens (including phenoxy) is 1. The highest BCUT2D eigenvalue weighted by molar-refractivity contribution is 5.96. The molecule has 0 heterocycles. The molecule has 0 aliphatic heterocycles. The molecule has 0 bridgehead atoms. The highest BCUT2D eigenvalue weighted by Gasteiger charge is 2.26. The van der Waals surface area contributed by atoms with Gasteiger partial charge in [0, 0.05) is 6.54 Å². The van der Waals surface area contributed by atoms with Gasteiger partial charge in [0.1, 0.15) is 11.8 Å². The molecule has 0 fully saturated rings. The largest absolute Gasteiger partial charge is 0.495 e. The fraction of sp³-hybridized carbons (Fsp3) is 0.208. The van der Waals surface area contributed by atoms with Crippen LogP contribution < -0.4 is 10.1 Å². The van der Waals surface area contributed by atoms with E-state index in [9.17, 15) is 4.79 Å². The average molecular weight is 374 g/mol. The molecule has 0 aliphatic carbocycles. The first-order valence-electron chi connectivity index (χ1n) is 9.33. The van der Waals surface area contributed by atoms with Crippen molar-refractivity contribution in [2.24, 2.45) is 0 Å². The molecule has 0 aromatic heterocycles. The van der Waals surface area contributed by atoms with E-state index in [1.54, 1.807) is 7.11 Å². The highest BCUT2D eigenvalue weighted by Crippen LogP contribution is 2.28. The second-order valence-corrected chi connectivity index (χ2v) is 6.91. The maximum atomic E-state index is 13.3. The maximum absolute atomic E-state index is 13.3. The second-order valence-electron chi connectivity index (χ2n) is 6.91. The van der Waals surface area contributed by atoms with Crippen LogP contribution in [0.2, 0.25) is 0 Å². The number of rotatable bonds is 7. The number of nitrogens with one attached hydrogen (secondary N) is 1. The number of benzene rings is 3. The van der Waals surface area contributed by atoms with E-state index in [1.807, 2.05) is 80.7 Å². The van der Waals surface area contributed by atoms with E-state index in [0.29, 0.717) is 18.0 Å². The van der Waals surface area contributed by atoms with E-state index in [0.717, 1.165) is 16.7 Å². The van der Waals surface area contributed by atoms with Crippen LogP contribution in [0.15, 0.2) is 78.9 Å². The molecule has 1 atom stereocenters. The third-order valence-electron chi connectivity index (χ3n) is 4.69. The Labute approximate surface area is 166 Å². The molecule has 0 saturated carbocycles. The molecule has 3 aromatic carbocycles. The lowest BCUT2D eigenvalue weighted by atomic mass is 10.0. The third kappa shape index (κ3) is 4.78. The van der Waals surface area contributed by atoms with Crippen molar-refractivity contribution >= 4 is 11.6 Å². The number of aryl methyl sites for hydroxylation is 1. The molecule has 1 N–H and O–H groups in total. The van der Waals surface area contributed by atoms with Crippen LogP contribution in [0.25, 0.3) is 0 Å². The van der Waals surface area contributed by atoms with Crippen molar-refractivity contribution in [1.82, 2.24) is 4.90 Å². The van der Waals surface area contributed by atoms with Gasteiger partial charge in [-0.05, 0) is 42.8 Å². The van der Waals surface area contributed by atoms with Crippen LogP contribution in [-0.4, -0.2) is 25.0 Å². The Hall–Kier alpha value is -3.11. The van der Waals surface area contributed by atoms with Crippen LogP contribution in [0, 0.1) is 6.92 Å². The quantitative estimate of drug-likeness (QED) is 0.645. The normalized spacial score (nSPS) is 11.9. The Kier molecular flexibility index (Phi) is 6.45. The minimum atomic E-state index is -0.424. The third-order valence-corrected chi connectivity index (χ3v) is 4.69. The summed E-state index contributed by atoms with van der Waals surface area (Å²) in [6, 6.07) is 25.3. The van der Waals surface area contributed by atoms with Crippen molar-refractivity contribution in [3.63, 3.8) is 0 Å². The Balaban J connectivity index is 1.88. The standard InChI is InChI=1S/C24H26N2O2/c1-18-14-15-22(28-3)21(16-18)25-24(27)23(20-12-8-5-9-13-20)26(2)17-19-10-6-4-7-11-19/h4-16,23H,17H2,1-3H3,(H,25,27)/t23-/m0/s1. The van der Waals surface area contributed by atoms with Crippen LogP contribution in [0.4, 0.5) is 5.69 Å². The number of methoxy groups -OCH3 is 1. The van der Waals surface area contributed by atoms with Gasteiger partial charge < -0.3 is 10.1 Å².